The van der Waals surface area contributed by atoms with Crippen LogP contribution in [0.5, 0.6) is 0 Å². The van der Waals surface area contributed by atoms with Gasteiger partial charge in [0.05, 0.1) is 11.9 Å². The summed E-state index contributed by atoms with van der Waals surface area (Å²) in [5.74, 6) is -0.0481. The van der Waals surface area contributed by atoms with Crippen LogP contribution in [0.2, 0.25) is 0 Å². The third kappa shape index (κ3) is 5.57. The number of benzene rings is 2. The molecule has 168 valence electrons. The monoisotopic (exact) mass is 445 g/mol. The number of carbonyl (C=O) groups excluding carboxylic acids is 1. The first-order valence-electron chi connectivity index (χ1n) is 10.5. The number of hydrogen-bond acceptors (Lipinski definition) is 5. The summed E-state index contributed by atoms with van der Waals surface area (Å²) < 4.78 is 25.4. The minimum absolute atomic E-state index is 0.0481. The SMILES string of the molecule is Cc1ccc(N2CCN(C(=O)c3ccc(N(CCCO)S(C)(=O)=O)cc3)CC2)c(C)c1. The minimum atomic E-state index is -3.46. The molecule has 1 N–H and O–H groups in total. The lowest BCUT2D eigenvalue weighted by molar-refractivity contribution is 0.0747. The van der Waals surface area contributed by atoms with Crippen LogP contribution in [0.3, 0.4) is 0 Å². The molecular weight excluding hydrogens is 414 g/mol. The van der Waals surface area contributed by atoms with Crippen LogP contribution in [0.4, 0.5) is 11.4 Å². The normalized spacial score (nSPS) is 14.6. The molecule has 8 heteroatoms. The van der Waals surface area contributed by atoms with Crippen molar-refractivity contribution in [1.29, 1.82) is 0 Å². The van der Waals surface area contributed by atoms with E-state index in [-0.39, 0.29) is 19.1 Å². The van der Waals surface area contributed by atoms with Crippen LogP contribution < -0.4 is 9.21 Å². The molecule has 1 fully saturated rings. The minimum Gasteiger partial charge on any atom is -0.396 e. The van der Waals surface area contributed by atoms with Gasteiger partial charge in [0.1, 0.15) is 0 Å². The van der Waals surface area contributed by atoms with Crippen molar-refractivity contribution >= 4 is 27.3 Å². The van der Waals surface area contributed by atoms with Crippen LogP contribution in [0, 0.1) is 13.8 Å². The zero-order valence-electron chi connectivity index (χ0n) is 18.4. The zero-order chi connectivity index (χ0) is 22.6. The molecule has 1 aliphatic rings. The van der Waals surface area contributed by atoms with Crippen molar-refractivity contribution in [3.63, 3.8) is 0 Å². The van der Waals surface area contributed by atoms with E-state index in [4.69, 9.17) is 5.11 Å². The first-order valence-corrected chi connectivity index (χ1v) is 12.4. The van der Waals surface area contributed by atoms with Gasteiger partial charge in [-0.05, 0) is 56.2 Å². The highest BCUT2D eigenvalue weighted by Crippen LogP contribution is 2.24. The molecule has 0 radical (unpaired) electrons. The Bertz CT molecular complexity index is 1010. The Balaban J connectivity index is 1.66. The largest absolute Gasteiger partial charge is 0.396 e. The van der Waals surface area contributed by atoms with Crippen LogP contribution >= 0.6 is 0 Å². The van der Waals surface area contributed by atoms with E-state index in [0.29, 0.717) is 30.8 Å². The molecule has 0 atom stereocenters. The van der Waals surface area contributed by atoms with E-state index in [1.54, 1.807) is 24.3 Å². The summed E-state index contributed by atoms with van der Waals surface area (Å²) in [5.41, 5.74) is 4.73. The molecule has 7 nitrogen and oxygen atoms in total. The number of sulfonamides is 1. The summed E-state index contributed by atoms with van der Waals surface area (Å²) >= 11 is 0. The molecular formula is C23H31N3O4S. The van der Waals surface area contributed by atoms with Crippen molar-refractivity contribution < 1.29 is 18.3 Å². The predicted octanol–water partition coefficient (Wildman–Crippen LogP) is 2.41. The standard InChI is InChI=1S/C23H31N3O4S/c1-18-5-10-22(19(2)17-18)24-12-14-25(15-13-24)23(28)20-6-8-21(9-7-20)26(11-4-16-27)31(3,29)30/h5-10,17,27H,4,11-16H2,1-3H3. The maximum Gasteiger partial charge on any atom is 0.253 e. The van der Waals surface area contributed by atoms with Crippen molar-refractivity contribution in [3.05, 3.63) is 59.2 Å². The van der Waals surface area contributed by atoms with Crippen molar-refractivity contribution in [2.45, 2.75) is 20.3 Å². The van der Waals surface area contributed by atoms with E-state index in [2.05, 4.69) is 36.9 Å². The molecule has 0 aliphatic carbocycles. The molecule has 0 bridgehead atoms. The summed E-state index contributed by atoms with van der Waals surface area (Å²) in [6.45, 7) is 7.13. The predicted molar refractivity (Wildman–Crippen MR) is 124 cm³/mol. The average molecular weight is 446 g/mol. The maximum absolute atomic E-state index is 12.9. The molecule has 1 heterocycles. The van der Waals surface area contributed by atoms with Crippen LogP contribution in [0.15, 0.2) is 42.5 Å². The number of aryl methyl sites for hydroxylation is 2. The molecule has 1 saturated heterocycles. The highest BCUT2D eigenvalue weighted by molar-refractivity contribution is 7.92. The summed E-state index contributed by atoms with van der Waals surface area (Å²) in [6.07, 6.45) is 1.48. The number of piperazine rings is 1. The Labute approximate surface area is 184 Å². The van der Waals surface area contributed by atoms with Crippen LogP contribution in [-0.4, -0.2) is 69.9 Å². The highest BCUT2D eigenvalue weighted by atomic mass is 32.2. The maximum atomic E-state index is 12.9. The van der Waals surface area contributed by atoms with Gasteiger partial charge < -0.3 is 14.9 Å². The second kappa shape index (κ2) is 9.70. The number of rotatable bonds is 7. The average Bonchev–Trinajstić information content (AvgIpc) is 2.73. The van der Waals surface area contributed by atoms with Crippen molar-refractivity contribution in [1.82, 2.24) is 4.90 Å². The van der Waals surface area contributed by atoms with Crippen LogP contribution in [0.25, 0.3) is 0 Å². The second-order valence-corrected chi connectivity index (χ2v) is 9.94. The van der Waals surface area contributed by atoms with Gasteiger partial charge in [-0.2, -0.15) is 0 Å². The number of anilines is 2. The lowest BCUT2D eigenvalue weighted by Gasteiger charge is -2.37. The number of aliphatic hydroxyl groups excluding tert-OH is 1. The van der Waals surface area contributed by atoms with Gasteiger partial charge in [-0.3, -0.25) is 9.10 Å². The third-order valence-corrected chi connectivity index (χ3v) is 6.78. The summed E-state index contributed by atoms with van der Waals surface area (Å²) in [6, 6.07) is 13.1. The van der Waals surface area contributed by atoms with E-state index >= 15 is 0 Å². The first-order chi connectivity index (χ1) is 14.7. The van der Waals surface area contributed by atoms with Crippen LogP contribution in [-0.2, 0) is 10.0 Å². The van der Waals surface area contributed by atoms with Crippen molar-refractivity contribution in [2.75, 3.05) is 54.8 Å². The van der Waals surface area contributed by atoms with E-state index in [1.165, 1.54) is 21.1 Å². The lowest BCUT2D eigenvalue weighted by atomic mass is 10.1. The zero-order valence-corrected chi connectivity index (χ0v) is 19.2. The summed E-state index contributed by atoms with van der Waals surface area (Å²) in [5, 5.41) is 9.03. The topological polar surface area (TPSA) is 81.2 Å². The molecule has 0 spiro atoms. The molecule has 0 saturated carbocycles. The summed E-state index contributed by atoms with van der Waals surface area (Å²) in [4.78, 5) is 17.1. The van der Waals surface area contributed by atoms with Gasteiger partial charge in [0.15, 0.2) is 0 Å². The Morgan fingerprint density at radius 3 is 2.23 bits per heavy atom. The molecule has 0 unspecified atom stereocenters. The molecule has 1 aliphatic heterocycles. The molecule has 0 aromatic heterocycles. The molecule has 3 rings (SSSR count). The Hall–Kier alpha value is -2.58. The third-order valence-electron chi connectivity index (χ3n) is 5.58. The first kappa shape index (κ1) is 23.1. The quantitative estimate of drug-likeness (QED) is 0.708. The van der Waals surface area contributed by atoms with Gasteiger partial charge in [-0.15, -0.1) is 0 Å². The fourth-order valence-corrected chi connectivity index (χ4v) is 4.93. The number of carbonyl (C=O) groups is 1. The van der Waals surface area contributed by atoms with E-state index < -0.39 is 10.0 Å². The van der Waals surface area contributed by atoms with Crippen molar-refractivity contribution in [3.8, 4) is 0 Å². The number of amides is 1. The second-order valence-electron chi connectivity index (χ2n) is 8.03. The van der Waals surface area contributed by atoms with Gasteiger partial charge in [-0.25, -0.2) is 8.42 Å². The smallest absolute Gasteiger partial charge is 0.253 e. The number of nitrogens with zero attached hydrogens (tertiary/aromatic N) is 3. The van der Waals surface area contributed by atoms with Gasteiger partial charge in [-0.1, -0.05) is 17.7 Å². The molecule has 1 amide bonds. The Kier molecular flexibility index (Phi) is 7.23. The molecule has 2 aromatic rings. The fraction of sp³-hybridized carbons (Fsp3) is 0.435. The number of aliphatic hydroxyl groups is 1. The molecule has 31 heavy (non-hydrogen) atoms. The van der Waals surface area contributed by atoms with E-state index in [0.717, 1.165) is 19.3 Å². The van der Waals surface area contributed by atoms with Gasteiger partial charge in [0.2, 0.25) is 10.0 Å². The lowest BCUT2D eigenvalue weighted by Crippen LogP contribution is -2.49. The van der Waals surface area contributed by atoms with Crippen LogP contribution in [0.1, 0.15) is 27.9 Å². The van der Waals surface area contributed by atoms with Crippen molar-refractivity contribution in [2.24, 2.45) is 0 Å². The number of hydrogen-bond donors (Lipinski definition) is 1. The molecule has 2 aromatic carbocycles. The van der Waals surface area contributed by atoms with Gasteiger partial charge in [0.25, 0.3) is 5.91 Å². The highest BCUT2D eigenvalue weighted by Gasteiger charge is 2.24. The van der Waals surface area contributed by atoms with E-state index in [9.17, 15) is 13.2 Å². The van der Waals surface area contributed by atoms with Gasteiger partial charge in [0, 0.05) is 50.6 Å². The Morgan fingerprint density at radius 2 is 1.68 bits per heavy atom. The summed E-state index contributed by atoms with van der Waals surface area (Å²) in [7, 11) is -3.46. The van der Waals surface area contributed by atoms with E-state index in [1.807, 2.05) is 4.90 Å². The Morgan fingerprint density at radius 1 is 1.03 bits per heavy atom. The fourth-order valence-electron chi connectivity index (χ4n) is 3.96. The van der Waals surface area contributed by atoms with Gasteiger partial charge >= 0.3 is 0 Å².